The van der Waals surface area contributed by atoms with Gasteiger partial charge < -0.3 is 14.9 Å². The molecule has 1 fully saturated rings. The van der Waals surface area contributed by atoms with E-state index in [1.54, 1.807) is 6.92 Å². The van der Waals surface area contributed by atoms with Gasteiger partial charge in [0.2, 0.25) is 0 Å². The monoisotopic (exact) mass is 202 g/mol. The van der Waals surface area contributed by atoms with Crippen molar-refractivity contribution in [2.75, 3.05) is 13.2 Å². The zero-order valence-corrected chi connectivity index (χ0v) is 9.20. The molecule has 0 aromatic heterocycles. The van der Waals surface area contributed by atoms with Crippen LogP contribution in [-0.4, -0.2) is 35.1 Å². The van der Waals surface area contributed by atoms with E-state index in [0.717, 1.165) is 18.8 Å². The van der Waals surface area contributed by atoms with Crippen molar-refractivity contribution in [1.82, 2.24) is 0 Å². The Bertz CT molecular complexity index is 168. The van der Waals surface area contributed by atoms with Crippen LogP contribution in [0.15, 0.2) is 0 Å². The Kier molecular flexibility index (Phi) is 4.35. The molecule has 1 aliphatic carbocycles. The highest BCUT2D eigenvalue weighted by molar-refractivity contribution is 4.74. The lowest BCUT2D eigenvalue weighted by Crippen LogP contribution is -2.37. The fraction of sp³-hybridized carbons (Fsp3) is 1.00. The number of hydrogen-bond donors (Lipinski definition) is 2. The standard InChI is InChI=1S/C11H22O3/c1-9-4-3-5-10(6-9)14-8-11(2,13)7-12/h9-10,12-13H,3-8H2,1-2H3/t9-,10+,11?/m1/s1. The minimum atomic E-state index is -1.08. The minimum Gasteiger partial charge on any atom is -0.393 e. The molecular formula is C11H22O3. The quantitative estimate of drug-likeness (QED) is 0.723. The second-order valence-corrected chi connectivity index (χ2v) is 4.86. The topological polar surface area (TPSA) is 49.7 Å². The molecule has 1 unspecified atom stereocenters. The highest BCUT2D eigenvalue weighted by atomic mass is 16.5. The van der Waals surface area contributed by atoms with Crippen molar-refractivity contribution >= 4 is 0 Å². The van der Waals surface area contributed by atoms with Gasteiger partial charge in [-0.25, -0.2) is 0 Å². The molecule has 1 rings (SSSR count). The number of rotatable bonds is 4. The Balaban J connectivity index is 2.23. The molecule has 1 saturated carbocycles. The lowest BCUT2D eigenvalue weighted by atomic mass is 9.88. The van der Waals surface area contributed by atoms with Crippen LogP contribution in [0.25, 0.3) is 0 Å². The van der Waals surface area contributed by atoms with Gasteiger partial charge in [0.15, 0.2) is 0 Å². The average molecular weight is 202 g/mol. The van der Waals surface area contributed by atoms with Gasteiger partial charge in [-0.05, 0) is 25.7 Å². The summed E-state index contributed by atoms with van der Waals surface area (Å²) < 4.78 is 5.60. The van der Waals surface area contributed by atoms with Crippen molar-refractivity contribution in [2.24, 2.45) is 5.92 Å². The molecule has 3 heteroatoms. The summed E-state index contributed by atoms with van der Waals surface area (Å²) in [6.07, 6.45) is 4.95. The largest absolute Gasteiger partial charge is 0.393 e. The summed E-state index contributed by atoms with van der Waals surface area (Å²) >= 11 is 0. The van der Waals surface area contributed by atoms with Crippen molar-refractivity contribution in [2.45, 2.75) is 51.2 Å². The van der Waals surface area contributed by atoms with Crippen LogP contribution in [0.2, 0.25) is 0 Å². The summed E-state index contributed by atoms with van der Waals surface area (Å²) in [6, 6.07) is 0. The van der Waals surface area contributed by atoms with E-state index in [1.165, 1.54) is 12.8 Å². The Hall–Kier alpha value is -0.120. The van der Waals surface area contributed by atoms with Gasteiger partial charge in [0, 0.05) is 0 Å². The summed E-state index contributed by atoms with van der Waals surface area (Å²) in [6.45, 7) is 3.83. The molecule has 0 aliphatic heterocycles. The second kappa shape index (κ2) is 5.10. The molecule has 0 aromatic carbocycles. The van der Waals surface area contributed by atoms with Crippen LogP contribution in [0.4, 0.5) is 0 Å². The summed E-state index contributed by atoms with van der Waals surface area (Å²) in [7, 11) is 0. The first-order valence-electron chi connectivity index (χ1n) is 5.48. The fourth-order valence-electron chi connectivity index (χ4n) is 1.87. The molecular weight excluding hydrogens is 180 g/mol. The normalized spacial score (nSPS) is 32.6. The molecule has 0 spiro atoms. The van der Waals surface area contributed by atoms with E-state index in [1.807, 2.05) is 0 Å². The Morgan fingerprint density at radius 1 is 1.43 bits per heavy atom. The van der Waals surface area contributed by atoms with E-state index in [2.05, 4.69) is 6.92 Å². The first-order chi connectivity index (χ1) is 6.53. The summed E-state index contributed by atoms with van der Waals surface area (Å²) in [5.41, 5.74) is -1.08. The molecule has 14 heavy (non-hydrogen) atoms. The summed E-state index contributed by atoms with van der Waals surface area (Å²) in [5.74, 6) is 0.729. The van der Waals surface area contributed by atoms with Crippen molar-refractivity contribution in [3.63, 3.8) is 0 Å². The Morgan fingerprint density at radius 3 is 2.71 bits per heavy atom. The summed E-state index contributed by atoms with van der Waals surface area (Å²) in [5, 5.41) is 18.4. The first kappa shape index (κ1) is 12.0. The van der Waals surface area contributed by atoms with E-state index < -0.39 is 5.60 Å². The van der Waals surface area contributed by atoms with Crippen LogP contribution in [0.5, 0.6) is 0 Å². The van der Waals surface area contributed by atoms with Crippen LogP contribution >= 0.6 is 0 Å². The molecule has 0 saturated heterocycles. The van der Waals surface area contributed by atoms with Gasteiger partial charge in [-0.1, -0.05) is 19.8 Å². The van der Waals surface area contributed by atoms with Gasteiger partial charge in [0.05, 0.1) is 19.3 Å². The third-order valence-corrected chi connectivity index (χ3v) is 2.86. The van der Waals surface area contributed by atoms with Crippen LogP contribution in [-0.2, 0) is 4.74 Å². The third kappa shape index (κ3) is 3.95. The molecule has 0 bridgehead atoms. The molecule has 1 aliphatic rings. The van der Waals surface area contributed by atoms with Crippen LogP contribution in [0, 0.1) is 5.92 Å². The van der Waals surface area contributed by atoms with Crippen molar-refractivity contribution in [3.05, 3.63) is 0 Å². The maximum absolute atomic E-state index is 9.54. The van der Waals surface area contributed by atoms with Crippen LogP contribution in [0.3, 0.4) is 0 Å². The Morgan fingerprint density at radius 2 is 2.14 bits per heavy atom. The van der Waals surface area contributed by atoms with E-state index in [-0.39, 0.29) is 19.3 Å². The zero-order valence-electron chi connectivity index (χ0n) is 9.20. The zero-order chi connectivity index (χ0) is 10.6. The van der Waals surface area contributed by atoms with E-state index in [0.29, 0.717) is 0 Å². The van der Waals surface area contributed by atoms with Gasteiger partial charge in [-0.2, -0.15) is 0 Å². The van der Waals surface area contributed by atoms with Crippen LogP contribution in [0.1, 0.15) is 39.5 Å². The SMILES string of the molecule is C[C@@H]1CCC[C@H](OCC(C)(O)CO)C1. The van der Waals surface area contributed by atoms with E-state index >= 15 is 0 Å². The molecule has 0 radical (unpaired) electrons. The summed E-state index contributed by atoms with van der Waals surface area (Å²) in [4.78, 5) is 0. The van der Waals surface area contributed by atoms with Gasteiger partial charge in [-0.15, -0.1) is 0 Å². The third-order valence-electron chi connectivity index (χ3n) is 2.86. The molecule has 0 heterocycles. The first-order valence-corrected chi connectivity index (χ1v) is 5.48. The van der Waals surface area contributed by atoms with Crippen molar-refractivity contribution < 1.29 is 14.9 Å². The lowest BCUT2D eigenvalue weighted by Gasteiger charge is -2.29. The highest BCUT2D eigenvalue weighted by Gasteiger charge is 2.24. The molecule has 2 N–H and O–H groups in total. The average Bonchev–Trinajstić information content (AvgIpc) is 2.15. The molecule has 84 valence electrons. The maximum atomic E-state index is 9.54. The van der Waals surface area contributed by atoms with Crippen molar-refractivity contribution in [3.8, 4) is 0 Å². The van der Waals surface area contributed by atoms with E-state index in [9.17, 15) is 5.11 Å². The molecule has 0 amide bonds. The van der Waals surface area contributed by atoms with Gasteiger partial charge in [0.25, 0.3) is 0 Å². The second-order valence-electron chi connectivity index (χ2n) is 4.86. The predicted molar refractivity (Wildman–Crippen MR) is 55.1 cm³/mol. The molecule has 0 aromatic rings. The number of aliphatic hydroxyl groups is 2. The number of ether oxygens (including phenoxy) is 1. The number of hydrogen-bond acceptors (Lipinski definition) is 3. The van der Waals surface area contributed by atoms with Crippen LogP contribution < -0.4 is 0 Å². The predicted octanol–water partition coefficient (Wildman–Crippen LogP) is 1.32. The highest BCUT2D eigenvalue weighted by Crippen LogP contribution is 2.26. The van der Waals surface area contributed by atoms with Gasteiger partial charge >= 0.3 is 0 Å². The molecule has 3 atom stereocenters. The number of aliphatic hydroxyl groups excluding tert-OH is 1. The fourth-order valence-corrected chi connectivity index (χ4v) is 1.87. The molecule has 3 nitrogen and oxygen atoms in total. The smallest absolute Gasteiger partial charge is 0.108 e. The minimum absolute atomic E-state index is 0.237. The van der Waals surface area contributed by atoms with E-state index in [4.69, 9.17) is 9.84 Å². The van der Waals surface area contributed by atoms with Crippen molar-refractivity contribution in [1.29, 1.82) is 0 Å². The van der Waals surface area contributed by atoms with Gasteiger partial charge in [-0.3, -0.25) is 0 Å². The maximum Gasteiger partial charge on any atom is 0.108 e. The Labute approximate surface area is 86.1 Å². The van der Waals surface area contributed by atoms with Gasteiger partial charge in [0.1, 0.15) is 5.60 Å². The lowest BCUT2D eigenvalue weighted by molar-refractivity contribution is -0.0964.